The van der Waals surface area contributed by atoms with Crippen molar-refractivity contribution in [2.45, 2.75) is 5.16 Å². The van der Waals surface area contributed by atoms with Crippen molar-refractivity contribution < 1.29 is 9.18 Å². The number of nitrogens with zero attached hydrogens (tertiary/aromatic N) is 2. The molecule has 162 valence electrons. The monoisotopic (exact) mass is 472 g/mol. The van der Waals surface area contributed by atoms with E-state index in [0.29, 0.717) is 21.1 Å². The average Bonchev–Trinajstić information content (AvgIpc) is 3.28. The second-order valence-corrected chi connectivity index (χ2v) is 9.06. The van der Waals surface area contributed by atoms with Crippen LogP contribution in [0, 0.1) is 5.82 Å². The molecule has 0 aliphatic rings. The maximum atomic E-state index is 14.0. The van der Waals surface area contributed by atoms with Gasteiger partial charge in [0.25, 0.3) is 5.56 Å². The molecule has 0 amide bonds. The fourth-order valence-electron chi connectivity index (χ4n) is 3.60. The van der Waals surface area contributed by atoms with Gasteiger partial charge in [0.1, 0.15) is 10.6 Å². The molecule has 0 spiro atoms. The topological polar surface area (TPSA) is 52.0 Å². The lowest BCUT2D eigenvalue weighted by atomic mass is 10.1. The number of carbonyl (C=O) groups excluding carboxylic acids is 1. The van der Waals surface area contributed by atoms with E-state index in [4.69, 9.17) is 4.98 Å². The summed E-state index contributed by atoms with van der Waals surface area (Å²) in [6, 6.07) is 24.8. The number of hydrogen-bond donors (Lipinski definition) is 0. The van der Waals surface area contributed by atoms with Gasteiger partial charge < -0.3 is 0 Å². The van der Waals surface area contributed by atoms with Gasteiger partial charge in [-0.15, -0.1) is 11.3 Å². The molecule has 33 heavy (non-hydrogen) atoms. The summed E-state index contributed by atoms with van der Waals surface area (Å²) in [6.45, 7) is 0. The van der Waals surface area contributed by atoms with E-state index in [2.05, 4.69) is 0 Å². The van der Waals surface area contributed by atoms with Crippen molar-refractivity contribution in [2.24, 2.45) is 0 Å². The van der Waals surface area contributed by atoms with Crippen LogP contribution in [0.2, 0.25) is 0 Å². The van der Waals surface area contributed by atoms with E-state index in [0.717, 1.165) is 22.9 Å². The van der Waals surface area contributed by atoms with Crippen LogP contribution in [0.3, 0.4) is 0 Å². The highest BCUT2D eigenvalue weighted by molar-refractivity contribution is 7.99. The Morgan fingerprint density at radius 2 is 1.61 bits per heavy atom. The maximum Gasteiger partial charge on any atom is 0.268 e. The Hall–Kier alpha value is -3.55. The molecule has 0 bridgehead atoms. The van der Waals surface area contributed by atoms with E-state index in [1.807, 2.05) is 66.0 Å². The van der Waals surface area contributed by atoms with Crippen LogP contribution < -0.4 is 5.56 Å². The van der Waals surface area contributed by atoms with Gasteiger partial charge in [0.15, 0.2) is 10.9 Å². The zero-order valence-electron chi connectivity index (χ0n) is 17.3. The number of thioether (sulfide) groups is 1. The van der Waals surface area contributed by atoms with Gasteiger partial charge in [-0.3, -0.25) is 14.2 Å². The molecule has 0 fully saturated rings. The first-order valence-corrected chi connectivity index (χ1v) is 12.1. The molecule has 4 nitrogen and oxygen atoms in total. The summed E-state index contributed by atoms with van der Waals surface area (Å²) in [5.74, 6) is -0.955. The molecule has 0 radical (unpaired) electrons. The maximum absolute atomic E-state index is 14.0. The number of para-hydroxylation sites is 1. The molecule has 0 atom stereocenters. The summed E-state index contributed by atoms with van der Waals surface area (Å²) >= 11 is 2.52. The molecule has 0 saturated heterocycles. The highest BCUT2D eigenvalue weighted by atomic mass is 32.2. The Kier molecular flexibility index (Phi) is 5.90. The largest absolute Gasteiger partial charge is 0.293 e. The van der Waals surface area contributed by atoms with Crippen molar-refractivity contribution in [1.82, 2.24) is 9.55 Å². The number of benzene rings is 3. The number of Topliss-reactive ketones (excluding diaryl/α,β-unsaturated/α-hetero) is 1. The lowest BCUT2D eigenvalue weighted by molar-refractivity contribution is 0.101. The van der Waals surface area contributed by atoms with Crippen molar-refractivity contribution in [3.05, 3.63) is 112 Å². The molecule has 7 heteroatoms. The molecule has 3 aromatic carbocycles. The number of halogens is 1. The van der Waals surface area contributed by atoms with Crippen molar-refractivity contribution >= 4 is 39.1 Å². The fraction of sp³-hybridized carbons (Fsp3) is 0.0385. The zero-order chi connectivity index (χ0) is 22.8. The highest BCUT2D eigenvalue weighted by Crippen LogP contribution is 2.33. The van der Waals surface area contributed by atoms with Gasteiger partial charge in [0.05, 0.1) is 22.4 Å². The summed E-state index contributed by atoms with van der Waals surface area (Å²) in [7, 11) is 0. The van der Waals surface area contributed by atoms with Crippen molar-refractivity contribution in [2.75, 3.05) is 5.75 Å². The summed E-state index contributed by atoms with van der Waals surface area (Å²) < 4.78 is 15.6. The predicted octanol–water partition coefficient (Wildman–Crippen LogP) is 6.23. The Labute approximate surface area is 197 Å². The molecule has 5 rings (SSSR count). The van der Waals surface area contributed by atoms with Gasteiger partial charge in [0.2, 0.25) is 0 Å². The van der Waals surface area contributed by atoms with Crippen LogP contribution in [0.4, 0.5) is 4.39 Å². The lowest BCUT2D eigenvalue weighted by Gasteiger charge is -2.12. The van der Waals surface area contributed by atoms with Crippen LogP contribution in [-0.4, -0.2) is 21.1 Å². The number of fused-ring (bicyclic) bond motifs is 1. The van der Waals surface area contributed by atoms with E-state index in [-0.39, 0.29) is 22.7 Å². The van der Waals surface area contributed by atoms with Gasteiger partial charge in [-0.05, 0) is 29.8 Å². The average molecular weight is 473 g/mol. The van der Waals surface area contributed by atoms with E-state index in [1.165, 1.54) is 28.0 Å². The third kappa shape index (κ3) is 4.13. The highest BCUT2D eigenvalue weighted by Gasteiger charge is 2.20. The Morgan fingerprint density at radius 1 is 0.939 bits per heavy atom. The molecular formula is C26H17FN2O2S2. The number of ketones is 1. The van der Waals surface area contributed by atoms with Crippen LogP contribution in [-0.2, 0) is 0 Å². The first kappa shape index (κ1) is 21.3. The molecule has 0 unspecified atom stereocenters. The number of aromatic nitrogens is 2. The Morgan fingerprint density at radius 3 is 2.33 bits per heavy atom. The summed E-state index contributed by atoms with van der Waals surface area (Å²) in [5.41, 5.74) is 2.26. The molecule has 0 aliphatic heterocycles. The normalized spacial score (nSPS) is 11.1. The Balaban J connectivity index is 1.62. The summed E-state index contributed by atoms with van der Waals surface area (Å²) in [6.07, 6.45) is 0. The standard InChI is InChI=1S/C26H17FN2O2S2/c27-21-14-8-7-13-19(21)22(30)16-33-26-28-24-23(20(15-32-24)17-9-3-1-4-10-17)25(31)29(26)18-11-5-2-6-12-18/h1-15H,16H2. The van der Waals surface area contributed by atoms with Crippen LogP contribution in [0.5, 0.6) is 0 Å². The van der Waals surface area contributed by atoms with E-state index in [9.17, 15) is 14.0 Å². The predicted molar refractivity (Wildman–Crippen MR) is 132 cm³/mol. The minimum Gasteiger partial charge on any atom is -0.293 e. The quantitative estimate of drug-likeness (QED) is 0.167. The Bertz CT molecular complexity index is 1510. The smallest absolute Gasteiger partial charge is 0.268 e. The van der Waals surface area contributed by atoms with Gasteiger partial charge in [-0.1, -0.05) is 72.4 Å². The van der Waals surface area contributed by atoms with Gasteiger partial charge >= 0.3 is 0 Å². The molecule has 2 heterocycles. The van der Waals surface area contributed by atoms with Crippen LogP contribution in [0.1, 0.15) is 10.4 Å². The van der Waals surface area contributed by atoms with Crippen molar-refractivity contribution in [3.63, 3.8) is 0 Å². The second kappa shape index (κ2) is 9.13. The lowest BCUT2D eigenvalue weighted by Crippen LogP contribution is -2.22. The van der Waals surface area contributed by atoms with E-state index >= 15 is 0 Å². The number of carbonyl (C=O) groups is 1. The molecule has 0 N–H and O–H groups in total. The van der Waals surface area contributed by atoms with Crippen LogP contribution in [0.25, 0.3) is 27.0 Å². The third-order valence-corrected chi connectivity index (χ3v) is 6.99. The molecule has 0 aliphatic carbocycles. The molecule has 0 saturated carbocycles. The molecule has 5 aromatic rings. The van der Waals surface area contributed by atoms with Crippen molar-refractivity contribution in [1.29, 1.82) is 0 Å². The van der Waals surface area contributed by atoms with E-state index in [1.54, 1.807) is 12.1 Å². The van der Waals surface area contributed by atoms with Crippen LogP contribution in [0.15, 0.2) is 100 Å². The van der Waals surface area contributed by atoms with Gasteiger partial charge in [0, 0.05) is 10.9 Å². The molecule has 2 aromatic heterocycles. The van der Waals surface area contributed by atoms with Gasteiger partial charge in [-0.25, -0.2) is 9.37 Å². The van der Waals surface area contributed by atoms with E-state index < -0.39 is 5.82 Å². The first-order valence-electron chi connectivity index (χ1n) is 10.2. The van der Waals surface area contributed by atoms with Crippen molar-refractivity contribution in [3.8, 4) is 16.8 Å². The van der Waals surface area contributed by atoms with Crippen LogP contribution >= 0.6 is 23.1 Å². The minimum absolute atomic E-state index is 0.0298. The number of rotatable bonds is 6. The van der Waals surface area contributed by atoms with Gasteiger partial charge in [-0.2, -0.15) is 0 Å². The summed E-state index contributed by atoms with van der Waals surface area (Å²) in [4.78, 5) is 31.7. The molecular weight excluding hydrogens is 455 g/mol. The summed E-state index contributed by atoms with van der Waals surface area (Å²) in [5, 5.41) is 2.87. The fourth-order valence-corrected chi connectivity index (χ4v) is 5.48. The zero-order valence-corrected chi connectivity index (χ0v) is 18.9. The third-order valence-electron chi connectivity index (χ3n) is 5.18. The number of thiophene rings is 1. The number of hydrogen-bond acceptors (Lipinski definition) is 5. The first-order chi connectivity index (χ1) is 16.1. The SMILES string of the molecule is O=C(CSc1nc2scc(-c3ccccc3)c2c(=O)n1-c1ccccc1)c1ccccc1F. The second-order valence-electron chi connectivity index (χ2n) is 7.26. The minimum atomic E-state index is -0.558.